The second-order valence-electron chi connectivity index (χ2n) is 2.81. The molecule has 0 saturated heterocycles. The maximum absolute atomic E-state index is 11.4. The number of ether oxygens (including phenoxy) is 1. The van der Waals surface area contributed by atoms with Gasteiger partial charge in [-0.25, -0.2) is 9.78 Å². The number of rotatable bonds is 4. The van der Waals surface area contributed by atoms with Crippen LogP contribution in [-0.2, 0) is 9.53 Å². The van der Waals surface area contributed by atoms with Crippen LogP contribution in [0.4, 0.5) is 5.13 Å². The lowest BCUT2D eigenvalue weighted by molar-refractivity contribution is -0.114. The highest BCUT2D eigenvalue weighted by Crippen LogP contribution is 2.16. The molecule has 16 heavy (non-hydrogen) atoms. The minimum atomic E-state index is -0.602. The number of carbonyl (C=O) groups excluding carboxylic acids is 2. The van der Waals surface area contributed by atoms with Gasteiger partial charge in [0.25, 0.3) is 0 Å². The average molecular weight is 261 g/mol. The number of amides is 1. The number of nitrogens with zero attached hydrogens (tertiary/aromatic N) is 1. The van der Waals surface area contributed by atoms with Crippen LogP contribution in [0.5, 0.6) is 0 Å². The summed E-state index contributed by atoms with van der Waals surface area (Å²) in [7, 11) is 0. The highest BCUT2D eigenvalue weighted by molar-refractivity contribution is 7.14. The molecule has 0 spiro atoms. The zero-order valence-electron chi connectivity index (χ0n) is 8.45. The lowest BCUT2D eigenvalue weighted by Crippen LogP contribution is -2.08. The molecule has 1 heterocycles. The van der Waals surface area contributed by atoms with Crippen molar-refractivity contribution in [2.24, 2.45) is 0 Å². The SMILES string of the molecule is C=C(Cl)COC(=O)c1csc(NC(C)=O)n1. The molecule has 0 radical (unpaired) electrons. The van der Waals surface area contributed by atoms with Crippen LogP contribution in [0.25, 0.3) is 0 Å². The highest BCUT2D eigenvalue weighted by atomic mass is 35.5. The van der Waals surface area contributed by atoms with Gasteiger partial charge in [0.05, 0.1) is 0 Å². The predicted molar refractivity (Wildman–Crippen MR) is 61.7 cm³/mol. The minimum Gasteiger partial charge on any atom is -0.455 e. The van der Waals surface area contributed by atoms with Gasteiger partial charge in [-0.2, -0.15) is 0 Å². The van der Waals surface area contributed by atoms with Gasteiger partial charge in [0.15, 0.2) is 10.8 Å². The van der Waals surface area contributed by atoms with Crippen molar-refractivity contribution in [2.45, 2.75) is 6.92 Å². The zero-order valence-corrected chi connectivity index (χ0v) is 10.0. The normalized spacial score (nSPS) is 9.62. The number of esters is 1. The molecular formula is C9H9ClN2O3S. The number of hydrogen-bond acceptors (Lipinski definition) is 5. The number of aromatic nitrogens is 1. The van der Waals surface area contributed by atoms with E-state index in [-0.39, 0.29) is 23.2 Å². The quantitative estimate of drug-likeness (QED) is 0.841. The van der Waals surface area contributed by atoms with Crippen molar-refractivity contribution in [3.8, 4) is 0 Å². The van der Waals surface area contributed by atoms with Crippen LogP contribution in [0.1, 0.15) is 17.4 Å². The Bertz CT molecular complexity index is 430. The molecule has 86 valence electrons. The molecule has 0 aliphatic rings. The predicted octanol–water partition coefficient (Wildman–Crippen LogP) is 2.01. The van der Waals surface area contributed by atoms with Gasteiger partial charge in [-0.3, -0.25) is 4.79 Å². The molecule has 0 bridgehead atoms. The fourth-order valence-corrected chi connectivity index (χ4v) is 1.57. The third kappa shape index (κ3) is 4.00. The summed E-state index contributed by atoms with van der Waals surface area (Å²) in [6.45, 7) is 4.67. The summed E-state index contributed by atoms with van der Waals surface area (Å²) < 4.78 is 4.77. The van der Waals surface area contributed by atoms with Gasteiger partial charge in [-0.15, -0.1) is 11.3 Å². The molecule has 1 amide bonds. The third-order valence-corrected chi connectivity index (χ3v) is 2.22. The molecule has 5 nitrogen and oxygen atoms in total. The minimum absolute atomic E-state index is 0.0621. The van der Waals surface area contributed by atoms with Crippen LogP contribution in [0, 0.1) is 0 Å². The second-order valence-corrected chi connectivity index (χ2v) is 4.21. The van der Waals surface area contributed by atoms with Gasteiger partial charge in [-0.1, -0.05) is 18.2 Å². The summed E-state index contributed by atoms with van der Waals surface area (Å²) in [4.78, 5) is 25.9. The summed E-state index contributed by atoms with van der Waals surface area (Å²) in [6, 6.07) is 0. The van der Waals surface area contributed by atoms with E-state index in [9.17, 15) is 9.59 Å². The molecular weight excluding hydrogens is 252 g/mol. The van der Waals surface area contributed by atoms with E-state index in [1.54, 1.807) is 0 Å². The van der Waals surface area contributed by atoms with E-state index in [4.69, 9.17) is 16.3 Å². The van der Waals surface area contributed by atoms with E-state index in [1.165, 1.54) is 12.3 Å². The number of thiazole rings is 1. The van der Waals surface area contributed by atoms with E-state index in [0.717, 1.165) is 11.3 Å². The van der Waals surface area contributed by atoms with Gasteiger partial charge in [0, 0.05) is 17.3 Å². The molecule has 0 unspecified atom stereocenters. The van der Waals surface area contributed by atoms with Crippen LogP contribution < -0.4 is 5.32 Å². The Hall–Kier alpha value is -1.40. The van der Waals surface area contributed by atoms with Crippen LogP contribution in [0.15, 0.2) is 17.0 Å². The lowest BCUT2D eigenvalue weighted by Gasteiger charge is -1.99. The van der Waals surface area contributed by atoms with Crippen LogP contribution in [0.3, 0.4) is 0 Å². The Balaban J connectivity index is 2.59. The number of hydrogen-bond donors (Lipinski definition) is 1. The maximum atomic E-state index is 11.4. The molecule has 0 fully saturated rings. The fourth-order valence-electron chi connectivity index (χ4n) is 0.793. The van der Waals surface area contributed by atoms with Crippen molar-refractivity contribution in [3.05, 3.63) is 22.7 Å². The van der Waals surface area contributed by atoms with Crippen LogP contribution in [-0.4, -0.2) is 23.5 Å². The van der Waals surface area contributed by atoms with Crippen LogP contribution >= 0.6 is 22.9 Å². The maximum Gasteiger partial charge on any atom is 0.358 e. The van der Waals surface area contributed by atoms with E-state index in [2.05, 4.69) is 16.9 Å². The standard InChI is InChI=1S/C9H9ClN2O3S/c1-5(10)3-15-8(14)7-4-16-9(12-7)11-6(2)13/h4H,1,3H2,2H3,(H,11,12,13). The molecule has 1 N–H and O–H groups in total. The van der Waals surface area contributed by atoms with Crippen molar-refractivity contribution in [1.82, 2.24) is 4.98 Å². The average Bonchev–Trinajstić information content (AvgIpc) is 2.61. The fraction of sp³-hybridized carbons (Fsp3) is 0.222. The summed E-state index contributed by atoms with van der Waals surface area (Å²) in [5.41, 5.74) is 0.131. The smallest absolute Gasteiger partial charge is 0.358 e. The second kappa shape index (κ2) is 5.62. The molecule has 0 aromatic carbocycles. The van der Waals surface area contributed by atoms with Crippen molar-refractivity contribution < 1.29 is 14.3 Å². The van der Waals surface area contributed by atoms with E-state index < -0.39 is 5.97 Å². The molecule has 1 aromatic rings. The Morgan fingerprint density at radius 1 is 1.69 bits per heavy atom. The molecule has 0 aliphatic heterocycles. The highest BCUT2D eigenvalue weighted by Gasteiger charge is 2.12. The number of anilines is 1. The summed E-state index contributed by atoms with van der Waals surface area (Å²) >= 11 is 6.58. The van der Waals surface area contributed by atoms with Gasteiger partial charge >= 0.3 is 5.97 Å². The zero-order chi connectivity index (χ0) is 12.1. The first-order valence-electron chi connectivity index (χ1n) is 4.22. The number of halogens is 1. The lowest BCUT2D eigenvalue weighted by atomic mass is 10.5. The van der Waals surface area contributed by atoms with Crippen molar-refractivity contribution in [3.63, 3.8) is 0 Å². The van der Waals surface area contributed by atoms with E-state index in [0.29, 0.717) is 5.13 Å². The van der Waals surface area contributed by atoms with Gasteiger partial charge in [0.2, 0.25) is 5.91 Å². The Morgan fingerprint density at radius 2 is 2.38 bits per heavy atom. The number of nitrogens with one attached hydrogen (secondary N) is 1. The first-order valence-corrected chi connectivity index (χ1v) is 5.48. The summed E-state index contributed by atoms with van der Waals surface area (Å²) in [6.07, 6.45) is 0. The molecule has 1 aromatic heterocycles. The van der Waals surface area contributed by atoms with Crippen molar-refractivity contribution >= 4 is 39.9 Å². The Kier molecular flexibility index (Phi) is 4.45. The first kappa shape index (κ1) is 12.7. The van der Waals surface area contributed by atoms with Crippen molar-refractivity contribution in [1.29, 1.82) is 0 Å². The first-order chi connectivity index (χ1) is 7.49. The van der Waals surface area contributed by atoms with E-state index in [1.807, 2.05) is 0 Å². The Labute approximate surface area is 101 Å². The monoisotopic (exact) mass is 260 g/mol. The van der Waals surface area contributed by atoms with Gasteiger partial charge in [-0.05, 0) is 0 Å². The third-order valence-electron chi connectivity index (χ3n) is 1.36. The molecule has 0 saturated carbocycles. The molecule has 0 atom stereocenters. The summed E-state index contributed by atoms with van der Waals surface area (Å²) in [5, 5.41) is 4.53. The van der Waals surface area contributed by atoms with Gasteiger partial charge < -0.3 is 10.1 Å². The van der Waals surface area contributed by atoms with Gasteiger partial charge in [0.1, 0.15) is 6.61 Å². The van der Waals surface area contributed by atoms with Crippen molar-refractivity contribution in [2.75, 3.05) is 11.9 Å². The van der Waals surface area contributed by atoms with E-state index >= 15 is 0 Å². The largest absolute Gasteiger partial charge is 0.455 e. The van der Waals surface area contributed by atoms with Crippen LogP contribution in [0.2, 0.25) is 0 Å². The Morgan fingerprint density at radius 3 is 2.94 bits per heavy atom. The topological polar surface area (TPSA) is 68.3 Å². The molecule has 0 aliphatic carbocycles. The summed E-state index contributed by atoms with van der Waals surface area (Å²) in [5.74, 6) is -0.849. The molecule has 7 heteroatoms. The molecule has 1 rings (SSSR count). The number of carbonyl (C=O) groups is 2.